The number of hydrogen-bond donors (Lipinski definition) is 1. The van der Waals surface area contributed by atoms with Crippen LogP contribution < -0.4 is 0 Å². The maximum atomic E-state index is 12.2. The highest BCUT2D eigenvalue weighted by Crippen LogP contribution is 2.14. The summed E-state index contributed by atoms with van der Waals surface area (Å²) in [5, 5.41) is 9.63. The highest BCUT2D eigenvalue weighted by atomic mass is 16.6. The van der Waals surface area contributed by atoms with Crippen molar-refractivity contribution in [3.63, 3.8) is 0 Å². The molecule has 1 unspecified atom stereocenters. The van der Waals surface area contributed by atoms with Gasteiger partial charge in [0.25, 0.3) is 0 Å². The lowest BCUT2D eigenvalue weighted by atomic mass is 10.1. The quantitative estimate of drug-likeness (QED) is 0.0381. The third kappa shape index (κ3) is 46.4. The fourth-order valence-corrected chi connectivity index (χ4v) is 6.72. The Morgan fingerprint density at radius 2 is 0.764 bits per heavy atom. The predicted molar refractivity (Wildman–Crippen MR) is 242 cm³/mol. The Bertz CT molecular complexity index is 900. The first-order valence-corrected chi connectivity index (χ1v) is 23.9. The van der Waals surface area contributed by atoms with Crippen molar-refractivity contribution >= 4 is 5.97 Å². The third-order valence-electron chi connectivity index (χ3n) is 10.3. The summed E-state index contributed by atoms with van der Waals surface area (Å²) in [5.41, 5.74) is 0. The average molecular weight is 769 g/mol. The van der Waals surface area contributed by atoms with E-state index in [1.165, 1.54) is 173 Å². The number of aliphatic hydroxyl groups is 1. The van der Waals surface area contributed by atoms with Crippen LogP contribution in [0.2, 0.25) is 0 Å². The molecule has 0 saturated heterocycles. The summed E-state index contributed by atoms with van der Waals surface area (Å²) in [6.07, 6.45) is 64.3. The number of ether oxygens (including phenoxy) is 2. The second-order valence-electron chi connectivity index (χ2n) is 15.8. The van der Waals surface area contributed by atoms with E-state index >= 15 is 0 Å². The lowest BCUT2D eigenvalue weighted by molar-refractivity contribution is -0.154. The van der Waals surface area contributed by atoms with Crippen LogP contribution in [-0.2, 0) is 14.3 Å². The lowest BCUT2D eigenvalue weighted by Crippen LogP contribution is -2.27. The van der Waals surface area contributed by atoms with Gasteiger partial charge in [-0.3, -0.25) is 4.79 Å². The van der Waals surface area contributed by atoms with Crippen molar-refractivity contribution in [3.05, 3.63) is 60.8 Å². The number of rotatable bonds is 44. The average Bonchev–Trinajstić information content (AvgIpc) is 3.19. The molecule has 55 heavy (non-hydrogen) atoms. The van der Waals surface area contributed by atoms with E-state index in [-0.39, 0.29) is 19.2 Å². The van der Waals surface area contributed by atoms with Gasteiger partial charge < -0.3 is 14.6 Å². The summed E-state index contributed by atoms with van der Waals surface area (Å²) < 4.78 is 11.2. The molecule has 0 aromatic heterocycles. The topological polar surface area (TPSA) is 55.8 Å². The number of allylic oxidation sites excluding steroid dienone is 10. The maximum Gasteiger partial charge on any atom is 0.306 e. The molecule has 0 aliphatic heterocycles. The molecule has 1 atom stereocenters. The van der Waals surface area contributed by atoms with E-state index in [0.29, 0.717) is 13.0 Å². The van der Waals surface area contributed by atoms with Crippen LogP contribution >= 0.6 is 0 Å². The molecule has 0 aliphatic rings. The molecule has 0 fully saturated rings. The maximum absolute atomic E-state index is 12.2. The molecule has 0 radical (unpaired) electrons. The minimum Gasteiger partial charge on any atom is -0.457 e. The highest BCUT2D eigenvalue weighted by molar-refractivity contribution is 5.69. The zero-order valence-electron chi connectivity index (χ0n) is 36.7. The largest absolute Gasteiger partial charge is 0.457 e. The summed E-state index contributed by atoms with van der Waals surface area (Å²) in [5.74, 6) is -0.207. The minimum atomic E-state index is -0.542. The number of carbonyl (C=O) groups is 1. The van der Waals surface area contributed by atoms with Crippen molar-refractivity contribution in [3.8, 4) is 0 Å². The normalized spacial score (nSPS) is 12.9. The molecule has 1 N–H and O–H groups in total. The molecule has 320 valence electrons. The zero-order chi connectivity index (χ0) is 39.8. The van der Waals surface area contributed by atoms with Gasteiger partial charge in [0, 0.05) is 13.0 Å². The van der Waals surface area contributed by atoms with Crippen LogP contribution in [-0.4, -0.2) is 37.0 Å². The van der Waals surface area contributed by atoms with Gasteiger partial charge >= 0.3 is 5.97 Å². The first kappa shape index (κ1) is 53.1. The summed E-state index contributed by atoms with van der Waals surface area (Å²) in [6.45, 7) is 5.31. The molecule has 4 heteroatoms. The van der Waals surface area contributed by atoms with Gasteiger partial charge in [0.1, 0.15) is 6.10 Å². The number of esters is 1. The fourth-order valence-electron chi connectivity index (χ4n) is 6.72. The van der Waals surface area contributed by atoms with Crippen molar-refractivity contribution < 1.29 is 19.4 Å². The van der Waals surface area contributed by atoms with Crippen molar-refractivity contribution in [2.45, 2.75) is 238 Å². The Kier molecular flexibility index (Phi) is 46.6. The van der Waals surface area contributed by atoms with E-state index < -0.39 is 6.10 Å². The van der Waals surface area contributed by atoms with E-state index in [1.54, 1.807) is 0 Å². The van der Waals surface area contributed by atoms with Gasteiger partial charge in [-0.25, -0.2) is 0 Å². The molecule has 0 amide bonds. The smallest absolute Gasteiger partial charge is 0.306 e. The van der Waals surface area contributed by atoms with Crippen LogP contribution in [0.1, 0.15) is 232 Å². The van der Waals surface area contributed by atoms with Crippen LogP contribution in [0, 0.1) is 0 Å². The van der Waals surface area contributed by atoms with Crippen molar-refractivity contribution in [2.24, 2.45) is 0 Å². The SMILES string of the molecule is CCCCC/C=C\C/C=C\CCCCCCCCCCCC(=O)OC(CO)COCCCCCCCCCCC/C=C\C/C=C\C/C=C\CCCCCCC. The molecule has 0 saturated carbocycles. The van der Waals surface area contributed by atoms with E-state index in [2.05, 4.69) is 74.6 Å². The van der Waals surface area contributed by atoms with Crippen molar-refractivity contribution in [1.82, 2.24) is 0 Å². The minimum absolute atomic E-state index is 0.177. The highest BCUT2D eigenvalue weighted by Gasteiger charge is 2.13. The van der Waals surface area contributed by atoms with Gasteiger partial charge in [-0.05, 0) is 83.5 Å². The van der Waals surface area contributed by atoms with Crippen LogP contribution in [0.5, 0.6) is 0 Å². The Balaban J connectivity index is 3.45. The Labute approximate surface area is 343 Å². The third-order valence-corrected chi connectivity index (χ3v) is 10.3. The summed E-state index contributed by atoms with van der Waals surface area (Å²) in [6, 6.07) is 0. The standard InChI is InChI=1S/C51H92O4/c1-3-5-7-9-11-13-15-17-19-21-23-24-25-26-27-29-31-33-35-37-39-41-43-45-47-54-49-50(48-52)55-51(53)46-44-42-40-38-36-34-32-30-28-22-20-18-16-14-12-10-8-6-4-2/h12,14-15,17-18,20-21,23,25-26,50,52H,3-11,13,16,19,22,24,27-49H2,1-2H3/b14-12-,17-15-,20-18-,23-21-,26-25-. The molecule has 0 bridgehead atoms. The van der Waals surface area contributed by atoms with Crippen LogP contribution in [0.25, 0.3) is 0 Å². The van der Waals surface area contributed by atoms with Gasteiger partial charge in [-0.15, -0.1) is 0 Å². The zero-order valence-corrected chi connectivity index (χ0v) is 36.7. The predicted octanol–water partition coefficient (Wildman–Crippen LogP) is 16.0. The van der Waals surface area contributed by atoms with Gasteiger partial charge in [0.05, 0.1) is 13.2 Å². The number of aliphatic hydroxyl groups excluding tert-OH is 1. The van der Waals surface area contributed by atoms with Crippen LogP contribution in [0.3, 0.4) is 0 Å². The monoisotopic (exact) mass is 769 g/mol. The van der Waals surface area contributed by atoms with Crippen molar-refractivity contribution in [1.29, 1.82) is 0 Å². The van der Waals surface area contributed by atoms with Crippen molar-refractivity contribution in [2.75, 3.05) is 19.8 Å². The van der Waals surface area contributed by atoms with Crippen LogP contribution in [0.15, 0.2) is 60.8 Å². The first-order valence-electron chi connectivity index (χ1n) is 23.9. The molecule has 0 aromatic rings. The number of unbranched alkanes of at least 4 members (excludes halogenated alkanes) is 26. The molecule has 0 spiro atoms. The molecule has 4 nitrogen and oxygen atoms in total. The van der Waals surface area contributed by atoms with Gasteiger partial charge in [0.15, 0.2) is 0 Å². The Hall–Kier alpha value is -1.91. The number of carbonyl (C=O) groups excluding carboxylic acids is 1. The first-order chi connectivity index (χ1) is 27.2. The van der Waals surface area contributed by atoms with E-state index in [4.69, 9.17) is 9.47 Å². The molecule has 0 rings (SSSR count). The lowest BCUT2D eigenvalue weighted by Gasteiger charge is -2.16. The summed E-state index contributed by atoms with van der Waals surface area (Å²) in [4.78, 5) is 12.2. The van der Waals surface area contributed by atoms with E-state index in [0.717, 1.165) is 38.5 Å². The molecule has 0 aliphatic carbocycles. The van der Waals surface area contributed by atoms with Crippen LogP contribution in [0.4, 0.5) is 0 Å². The summed E-state index contributed by atoms with van der Waals surface area (Å²) >= 11 is 0. The molecular weight excluding hydrogens is 677 g/mol. The van der Waals surface area contributed by atoms with E-state index in [9.17, 15) is 9.90 Å². The Morgan fingerprint density at radius 1 is 0.436 bits per heavy atom. The van der Waals surface area contributed by atoms with E-state index in [1.807, 2.05) is 0 Å². The second-order valence-corrected chi connectivity index (χ2v) is 15.8. The summed E-state index contributed by atoms with van der Waals surface area (Å²) in [7, 11) is 0. The van der Waals surface area contributed by atoms with Gasteiger partial charge in [0.2, 0.25) is 0 Å². The Morgan fingerprint density at radius 3 is 1.18 bits per heavy atom. The molecule has 0 aromatic carbocycles. The molecular formula is C51H92O4. The second kappa shape index (κ2) is 48.2. The fraction of sp³-hybridized carbons (Fsp3) is 0.784. The molecule has 0 heterocycles. The van der Waals surface area contributed by atoms with Gasteiger partial charge in [-0.1, -0.05) is 203 Å². The number of hydrogen-bond acceptors (Lipinski definition) is 4. The van der Waals surface area contributed by atoms with Gasteiger partial charge in [-0.2, -0.15) is 0 Å².